The zero-order chi connectivity index (χ0) is 12.4. The van der Waals surface area contributed by atoms with Gasteiger partial charge in [-0.3, -0.25) is 4.79 Å². The van der Waals surface area contributed by atoms with E-state index in [1.807, 2.05) is 0 Å². The maximum absolute atomic E-state index is 13.4. The van der Waals surface area contributed by atoms with Gasteiger partial charge in [0.25, 0.3) is 0 Å². The molecule has 0 aliphatic carbocycles. The molecule has 1 aliphatic heterocycles. The Labute approximate surface area is 101 Å². The quantitative estimate of drug-likeness (QED) is 0.837. The van der Waals surface area contributed by atoms with Gasteiger partial charge in [0, 0.05) is 11.3 Å². The van der Waals surface area contributed by atoms with Crippen LogP contribution in [0, 0.1) is 5.82 Å². The Balaban J connectivity index is 2.22. The lowest BCUT2D eigenvalue weighted by Crippen LogP contribution is -2.10. The van der Waals surface area contributed by atoms with Crippen LogP contribution in [0.5, 0.6) is 0 Å². The predicted molar refractivity (Wildman–Crippen MR) is 58.6 cm³/mol. The zero-order valence-electron chi connectivity index (χ0n) is 8.68. The number of thioether (sulfide) groups is 1. The average molecular weight is 256 g/mol. The first-order valence-electron chi connectivity index (χ1n) is 4.94. The largest absolute Gasteiger partial charge is 0.478 e. The van der Waals surface area contributed by atoms with Gasteiger partial charge in [0.1, 0.15) is 11.1 Å². The Kier molecular flexibility index (Phi) is 3.33. The summed E-state index contributed by atoms with van der Waals surface area (Å²) in [5.74, 6) is -2.03. The van der Waals surface area contributed by atoms with E-state index in [4.69, 9.17) is 9.84 Å². The number of ether oxygens (including phenoxy) is 1. The third kappa shape index (κ3) is 2.58. The van der Waals surface area contributed by atoms with E-state index in [-0.39, 0.29) is 16.4 Å². The van der Waals surface area contributed by atoms with E-state index in [1.54, 1.807) is 0 Å². The van der Waals surface area contributed by atoms with Gasteiger partial charge in [-0.05, 0) is 18.2 Å². The molecule has 0 radical (unpaired) electrons. The molecule has 0 bridgehead atoms. The molecule has 0 saturated carbocycles. The number of rotatable bonds is 3. The third-order valence-corrected chi connectivity index (χ3v) is 3.61. The Morgan fingerprint density at radius 1 is 1.53 bits per heavy atom. The number of cyclic esters (lactones) is 1. The van der Waals surface area contributed by atoms with Crippen LogP contribution in [0.3, 0.4) is 0 Å². The summed E-state index contributed by atoms with van der Waals surface area (Å²) < 4.78 is 18.2. The fourth-order valence-corrected chi connectivity index (χ4v) is 2.52. The van der Waals surface area contributed by atoms with Crippen molar-refractivity contribution in [2.45, 2.75) is 16.6 Å². The number of carboxylic acid groups (broad SMARTS) is 1. The van der Waals surface area contributed by atoms with Crippen molar-refractivity contribution in [3.05, 3.63) is 29.6 Å². The van der Waals surface area contributed by atoms with Crippen molar-refractivity contribution in [1.29, 1.82) is 0 Å². The van der Waals surface area contributed by atoms with Crippen molar-refractivity contribution in [3.8, 4) is 0 Å². The summed E-state index contributed by atoms with van der Waals surface area (Å²) in [6.07, 6.45) is 0.514. The molecule has 2 rings (SSSR count). The highest BCUT2D eigenvalue weighted by Gasteiger charge is 2.28. The van der Waals surface area contributed by atoms with Crippen molar-refractivity contribution in [2.24, 2.45) is 0 Å². The third-order valence-electron chi connectivity index (χ3n) is 2.33. The molecule has 1 saturated heterocycles. The Hall–Kier alpha value is -1.56. The molecular formula is C11H9FO4S. The van der Waals surface area contributed by atoms with Crippen LogP contribution in [-0.2, 0) is 9.53 Å². The number of hydrogen-bond acceptors (Lipinski definition) is 4. The minimum absolute atomic E-state index is 0.000245. The smallest absolute Gasteiger partial charge is 0.335 e. The number of halogens is 1. The second kappa shape index (κ2) is 4.75. The van der Waals surface area contributed by atoms with Gasteiger partial charge in [-0.1, -0.05) is 0 Å². The summed E-state index contributed by atoms with van der Waals surface area (Å²) in [5, 5.41) is 8.34. The molecule has 17 heavy (non-hydrogen) atoms. The Morgan fingerprint density at radius 2 is 2.29 bits per heavy atom. The summed E-state index contributed by atoms with van der Waals surface area (Å²) in [5.41, 5.74) is 0.000245. The van der Waals surface area contributed by atoms with Gasteiger partial charge in [0.15, 0.2) is 0 Å². The van der Waals surface area contributed by atoms with Crippen molar-refractivity contribution >= 4 is 23.7 Å². The molecule has 1 N–H and O–H groups in total. The number of carboxylic acids is 1. The number of hydrogen-bond donors (Lipinski definition) is 1. The Morgan fingerprint density at radius 3 is 2.88 bits per heavy atom. The Bertz CT molecular complexity index is 475. The number of carbonyl (C=O) groups is 2. The van der Waals surface area contributed by atoms with Gasteiger partial charge < -0.3 is 9.84 Å². The molecule has 0 amide bonds. The topological polar surface area (TPSA) is 63.6 Å². The minimum Gasteiger partial charge on any atom is -0.478 e. The fraction of sp³-hybridized carbons (Fsp3) is 0.273. The SMILES string of the molecule is O=C(O)c1ccc(F)c(SC2CCOC2=O)c1. The summed E-state index contributed by atoms with van der Waals surface area (Å²) >= 11 is 1.00. The number of esters is 1. The molecule has 1 aromatic carbocycles. The van der Waals surface area contributed by atoms with Crippen molar-refractivity contribution in [3.63, 3.8) is 0 Å². The first kappa shape index (κ1) is 11.9. The highest BCUT2D eigenvalue weighted by atomic mass is 32.2. The molecule has 90 valence electrons. The van der Waals surface area contributed by atoms with Crippen LogP contribution in [0.25, 0.3) is 0 Å². The van der Waals surface area contributed by atoms with E-state index < -0.39 is 17.0 Å². The standard InChI is InChI=1S/C11H9FO4S/c12-7-2-1-6(10(13)14)5-9(7)17-8-3-4-16-11(8)15/h1-2,5,8H,3-4H2,(H,13,14). The molecule has 1 aliphatic rings. The number of carbonyl (C=O) groups excluding carboxylic acids is 1. The van der Waals surface area contributed by atoms with Crippen LogP contribution in [0.4, 0.5) is 4.39 Å². The van der Waals surface area contributed by atoms with Gasteiger partial charge in [0.2, 0.25) is 0 Å². The van der Waals surface area contributed by atoms with Crippen molar-refractivity contribution in [2.75, 3.05) is 6.61 Å². The van der Waals surface area contributed by atoms with Gasteiger partial charge in [-0.25, -0.2) is 9.18 Å². The van der Waals surface area contributed by atoms with Crippen LogP contribution in [-0.4, -0.2) is 28.9 Å². The van der Waals surface area contributed by atoms with E-state index in [0.717, 1.165) is 17.8 Å². The molecule has 4 nitrogen and oxygen atoms in total. The highest BCUT2D eigenvalue weighted by molar-refractivity contribution is 8.00. The lowest BCUT2D eigenvalue weighted by Gasteiger charge is -2.07. The lowest BCUT2D eigenvalue weighted by molar-refractivity contribution is -0.137. The van der Waals surface area contributed by atoms with Gasteiger partial charge in [-0.15, -0.1) is 11.8 Å². The van der Waals surface area contributed by atoms with Gasteiger partial charge in [-0.2, -0.15) is 0 Å². The van der Waals surface area contributed by atoms with Crippen LogP contribution in [0.2, 0.25) is 0 Å². The molecule has 1 unspecified atom stereocenters. The maximum atomic E-state index is 13.4. The molecule has 1 fully saturated rings. The highest BCUT2D eigenvalue weighted by Crippen LogP contribution is 2.31. The predicted octanol–water partition coefficient (Wildman–Crippen LogP) is 1.93. The minimum atomic E-state index is -1.12. The van der Waals surface area contributed by atoms with Gasteiger partial charge >= 0.3 is 11.9 Å². The van der Waals surface area contributed by atoms with Crippen LogP contribution in [0.1, 0.15) is 16.8 Å². The van der Waals surface area contributed by atoms with E-state index in [0.29, 0.717) is 13.0 Å². The van der Waals surface area contributed by atoms with Crippen LogP contribution < -0.4 is 0 Å². The van der Waals surface area contributed by atoms with E-state index in [1.165, 1.54) is 12.1 Å². The molecule has 0 aromatic heterocycles. The van der Waals surface area contributed by atoms with Crippen molar-refractivity contribution in [1.82, 2.24) is 0 Å². The summed E-state index contributed by atoms with van der Waals surface area (Å²) in [7, 11) is 0. The number of benzene rings is 1. The maximum Gasteiger partial charge on any atom is 0.335 e. The van der Waals surface area contributed by atoms with E-state index >= 15 is 0 Å². The summed E-state index contributed by atoms with van der Waals surface area (Å²) in [6.45, 7) is 0.330. The second-order valence-electron chi connectivity index (χ2n) is 3.51. The van der Waals surface area contributed by atoms with E-state index in [9.17, 15) is 14.0 Å². The summed E-state index contributed by atoms with van der Waals surface area (Å²) in [6, 6.07) is 3.51. The van der Waals surface area contributed by atoms with Crippen molar-refractivity contribution < 1.29 is 23.8 Å². The first-order valence-corrected chi connectivity index (χ1v) is 5.82. The second-order valence-corrected chi connectivity index (χ2v) is 4.76. The average Bonchev–Trinajstić information content (AvgIpc) is 2.67. The fourth-order valence-electron chi connectivity index (χ4n) is 1.46. The zero-order valence-corrected chi connectivity index (χ0v) is 9.50. The molecule has 1 atom stereocenters. The summed E-state index contributed by atoms with van der Waals surface area (Å²) in [4.78, 5) is 22.1. The number of aromatic carboxylic acids is 1. The monoisotopic (exact) mass is 256 g/mol. The molecule has 1 heterocycles. The lowest BCUT2D eigenvalue weighted by atomic mass is 10.2. The molecule has 0 spiro atoms. The normalized spacial score (nSPS) is 19.1. The van der Waals surface area contributed by atoms with Crippen LogP contribution >= 0.6 is 11.8 Å². The molecule has 6 heteroatoms. The first-order chi connectivity index (χ1) is 8.08. The molecular weight excluding hydrogens is 247 g/mol. The van der Waals surface area contributed by atoms with Crippen LogP contribution in [0.15, 0.2) is 23.1 Å². The van der Waals surface area contributed by atoms with E-state index in [2.05, 4.69) is 0 Å². The van der Waals surface area contributed by atoms with Gasteiger partial charge in [0.05, 0.1) is 12.2 Å². The molecule has 1 aromatic rings.